The van der Waals surface area contributed by atoms with Crippen LogP contribution in [-0.4, -0.2) is 25.9 Å². The van der Waals surface area contributed by atoms with Crippen molar-refractivity contribution in [2.45, 2.75) is 65.6 Å². The first-order valence-corrected chi connectivity index (χ1v) is 6.71. The molecule has 2 heteroatoms. The molecule has 0 radical (unpaired) electrons. The molecule has 1 fully saturated rings. The van der Waals surface area contributed by atoms with E-state index in [9.17, 15) is 0 Å². The Morgan fingerprint density at radius 2 is 1.94 bits per heavy atom. The summed E-state index contributed by atoms with van der Waals surface area (Å²) in [5.74, 6) is 0.667. The molecular formula is C14H28O2. The minimum Gasteiger partial charge on any atom is -0.378 e. The monoisotopic (exact) mass is 228 g/mol. The Balaban J connectivity index is 2.74. The molecule has 0 saturated heterocycles. The van der Waals surface area contributed by atoms with Gasteiger partial charge >= 0.3 is 0 Å². The van der Waals surface area contributed by atoms with Gasteiger partial charge in [-0.2, -0.15) is 0 Å². The fourth-order valence-electron chi connectivity index (χ4n) is 2.87. The van der Waals surface area contributed by atoms with Crippen LogP contribution in [0.2, 0.25) is 0 Å². The average Bonchev–Trinajstić information content (AvgIpc) is 2.26. The van der Waals surface area contributed by atoms with E-state index in [1.807, 2.05) is 7.11 Å². The third-order valence-electron chi connectivity index (χ3n) is 3.99. The molecule has 3 atom stereocenters. The Hall–Kier alpha value is -0.0800. The molecule has 3 unspecified atom stereocenters. The van der Waals surface area contributed by atoms with Crippen molar-refractivity contribution in [1.29, 1.82) is 0 Å². The molecule has 0 aliphatic heterocycles. The van der Waals surface area contributed by atoms with E-state index < -0.39 is 0 Å². The molecule has 96 valence electrons. The van der Waals surface area contributed by atoms with E-state index in [2.05, 4.69) is 27.7 Å². The first-order valence-electron chi connectivity index (χ1n) is 6.71. The predicted octanol–water partition coefficient (Wildman–Crippen LogP) is 3.64. The molecule has 0 aromatic rings. The minimum absolute atomic E-state index is 0.252. The van der Waals surface area contributed by atoms with E-state index in [1.54, 1.807) is 0 Å². The SMILES string of the molecule is CCCOC1C(OC)C(CC)CCC1(C)C. The van der Waals surface area contributed by atoms with Gasteiger partial charge in [-0.3, -0.25) is 0 Å². The van der Waals surface area contributed by atoms with Crippen LogP contribution in [0, 0.1) is 11.3 Å². The lowest BCUT2D eigenvalue weighted by molar-refractivity contribution is -0.155. The van der Waals surface area contributed by atoms with E-state index in [0.29, 0.717) is 5.92 Å². The molecule has 1 aliphatic rings. The molecular weight excluding hydrogens is 200 g/mol. The molecule has 1 saturated carbocycles. The molecule has 2 nitrogen and oxygen atoms in total. The Labute approximate surface area is 101 Å². The first kappa shape index (κ1) is 14.0. The van der Waals surface area contributed by atoms with E-state index in [-0.39, 0.29) is 17.6 Å². The van der Waals surface area contributed by atoms with Crippen LogP contribution in [0.5, 0.6) is 0 Å². The van der Waals surface area contributed by atoms with E-state index in [0.717, 1.165) is 13.0 Å². The van der Waals surface area contributed by atoms with Gasteiger partial charge in [-0.25, -0.2) is 0 Å². The number of hydrogen-bond donors (Lipinski definition) is 0. The summed E-state index contributed by atoms with van der Waals surface area (Å²) in [6, 6.07) is 0. The molecule has 1 aliphatic carbocycles. The fraction of sp³-hybridized carbons (Fsp3) is 1.00. The molecule has 0 heterocycles. The lowest BCUT2D eigenvalue weighted by atomic mass is 9.68. The summed E-state index contributed by atoms with van der Waals surface area (Å²) < 4.78 is 11.8. The molecule has 0 aromatic heterocycles. The van der Waals surface area contributed by atoms with Gasteiger partial charge in [0.2, 0.25) is 0 Å². The summed E-state index contributed by atoms with van der Waals surface area (Å²) in [6.45, 7) is 9.89. The zero-order valence-electron chi connectivity index (χ0n) is 11.6. The molecule has 0 bridgehead atoms. The molecule has 0 spiro atoms. The van der Waals surface area contributed by atoms with Crippen molar-refractivity contribution in [2.24, 2.45) is 11.3 Å². The van der Waals surface area contributed by atoms with Gasteiger partial charge in [-0.1, -0.05) is 34.1 Å². The second kappa shape index (κ2) is 6.02. The van der Waals surface area contributed by atoms with Gasteiger partial charge in [0.25, 0.3) is 0 Å². The highest BCUT2D eigenvalue weighted by molar-refractivity contribution is 4.94. The van der Waals surface area contributed by atoms with Gasteiger partial charge in [0.15, 0.2) is 0 Å². The van der Waals surface area contributed by atoms with Crippen molar-refractivity contribution in [3.05, 3.63) is 0 Å². The van der Waals surface area contributed by atoms with Crippen LogP contribution in [-0.2, 0) is 9.47 Å². The van der Waals surface area contributed by atoms with Crippen molar-refractivity contribution in [2.75, 3.05) is 13.7 Å². The van der Waals surface area contributed by atoms with Gasteiger partial charge in [-0.05, 0) is 30.6 Å². The second-order valence-electron chi connectivity index (χ2n) is 5.69. The Morgan fingerprint density at radius 1 is 1.25 bits per heavy atom. The van der Waals surface area contributed by atoms with E-state index >= 15 is 0 Å². The van der Waals surface area contributed by atoms with Crippen LogP contribution in [0.1, 0.15) is 53.4 Å². The molecule has 0 aromatic carbocycles. The highest BCUT2D eigenvalue weighted by atomic mass is 16.5. The van der Waals surface area contributed by atoms with Crippen molar-refractivity contribution in [1.82, 2.24) is 0 Å². The highest BCUT2D eigenvalue weighted by Crippen LogP contribution is 2.42. The lowest BCUT2D eigenvalue weighted by Gasteiger charge is -2.46. The Bertz CT molecular complexity index is 201. The van der Waals surface area contributed by atoms with Gasteiger partial charge in [0, 0.05) is 13.7 Å². The molecule has 0 N–H and O–H groups in total. The fourth-order valence-corrected chi connectivity index (χ4v) is 2.87. The van der Waals surface area contributed by atoms with Crippen molar-refractivity contribution < 1.29 is 9.47 Å². The maximum atomic E-state index is 6.06. The summed E-state index contributed by atoms with van der Waals surface area (Å²) >= 11 is 0. The standard InChI is InChI=1S/C14H28O2/c1-6-10-16-13-12(15-5)11(7-2)8-9-14(13,3)4/h11-13H,6-10H2,1-5H3. The van der Waals surface area contributed by atoms with Crippen LogP contribution in [0.25, 0.3) is 0 Å². The van der Waals surface area contributed by atoms with Gasteiger partial charge < -0.3 is 9.47 Å². The highest BCUT2D eigenvalue weighted by Gasteiger charge is 2.44. The Kier molecular flexibility index (Phi) is 5.26. The zero-order chi connectivity index (χ0) is 12.2. The number of hydrogen-bond acceptors (Lipinski definition) is 2. The maximum Gasteiger partial charge on any atom is 0.0889 e. The lowest BCUT2D eigenvalue weighted by Crippen LogP contribution is -2.50. The smallest absolute Gasteiger partial charge is 0.0889 e. The van der Waals surface area contributed by atoms with Crippen LogP contribution < -0.4 is 0 Å². The maximum absolute atomic E-state index is 6.06. The quantitative estimate of drug-likeness (QED) is 0.715. The van der Waals surface area contributed by atoms with Gasteiger partial charge in [0.05, 0.1) is 12.2 Å². The third kappa shape index (κ3) is 2.98. The molecule has 0 amide bonds. The van der Waals surface area contributed by atoms with Crippen molar-refractivity contribution in [3.63, 3.8) is 0 Å². The number of ether oxygens (including phenoxy) is 2. The first-order chi connectivity index (χ1) is 7.56. The normalized spacial score (nSPS) is 33.9. The molecule has 1 rings (SSSR count). The van der Waals surface area contributed by atoms with E-state index in [1.165, 1.54) is 19.3 Å². The average molecular weight is 228 g/mol. The predicted molar refractivity (Wildman–Crippen MR) is 67.6 cm³/mol. The van der Waals surface area contributed by atoms with Crippen molar-refractivity contribution >= 4 is 0 Å². The summed E-state index contributed by atoms with van der Waals surface area (Å²) in [4.78, 5) is 0. The summed E-state index contributed by atoms with van der Waals surface area (Å²) in [5, 5.41) is 0. The van der Waals surface area contributed by atoms with E-state index in [4.69, 9.17) is 9.47 Å². The van der Waals surface area contributed by atoms with Crippen LogP contribution in [0.3, 0.4) is 0 Å². The van der Waals surface area contributed by atoms with Gasteiger partial charge in [0.1, 0.15) is 0 Å². The summed E-state index contributed by atoms with van der Waals surface area (Å²) in [6.07, 6.45) is 5.34. The molecule has 16 heavy (non-hydrogen) atoms. The Morgan fingerprint density at radius 3 is 2.44 bits per heavy atom. The minimum atomic E-state index is 0.252. The number of methoxy groups -OCH3 is 1. The van der Waals surface area contributed by atoms with Crippen LogP contribution in [0.15, 0.2) is 0 Å². The topological polar surface area (TPSA) is 18.5 Å². The van der Waals surface area contributed by atoms with Crippen LogP contribution >= 0.6 is 0 Å². The van der Waals surface area contributed by atoms with Crippen molar-refractivity contribution in [3.8, 4) is 0 Å². The van der Waals surface area contributed by atoms with Gasteiger partial charge in [-0.15, -0.1) is 0 Å². The second-order valence-corrected chi connectivity index (χ2v) is 5.69. The summed E-state index contributed by atoms with van der Waals surface area (Å²) in [7, 11) is 1.83. The largest absolute Gasteiger partial charge is 0.378 e. The number of rotatable bonds is 5. The third-order valence-corrected chi connectivity index (χ3v) is 3.99. The van der Waals surface area contributed by atoms with Crippen LogP contribution in [0.4, 0.5) is 0 Å². The zero-order valence-corrected chi connectivity index (χ0v) is 11.6. The summed E-state index contributed by atoms with van der Waals surface area (Å²) in [5.41, 5.74) is 0.252.